The minimum absolute atomic E-state index is 0.0652. The highest BCUT2D eigenvalue weighted by molar-refractivity contribution is 6.33. The van der Waals surface area contributed by atoms with Crippen molar-refractivity contribution in [3.05, 3.63) is 59.1 Å². The number of rotatable bonds is 6. The molecule has 2 atom stereocenters. The zero-order chi connectivity index (χ0) is 21.0. The van der Waals surface area contributed by atoms with Crippen molar-refractivity contribution in [3.63, 3.8) is 0 Å². The van der Waals surface area contributed by atoms with E-state index in [1.54, 1.807) is 29.2 Å². The summed E-state index contributed by atoms with van der Waals surface area (Å²) >= 11 is 6.03. The van der Waals surface area contributed by atoms with Gasteiger partial charge in [-0.25, -0.2) is 0 Å². The van der Waals surface area contributed by atoms with Crippen LogP contribution in [-0.4, -0.2) is 30.4 Å². The Labute approximate surface area is 174 Å². The number of nitrogens with one attached hydrogen (secondary N) is 1. The smallest absolute Gasteiger partial charge is 0.312 e. The summed E-state index contributed by atoms with van der Waals surface area (Å²) in [7, 11) is 0. The molecule has 0 aromatic heterocycles. The number of benzene rings is 2. The van der Waals surface area contributed by atoms with Gasteiger partial charge in [0.2, 0.25) is 5.91 Å². The molecule has 152 valence electrons. The number of ether oxygens (including phenoxy) is 1. The number of hydrogen-bond acceptors (Lipinski definition) is 4. The molecule has 1 N–H and O–H groups in total. The van der Waals surface area contributed by atoms with Gasteiger partial charge in [0.1, 0.15) is 0 Å². The summed E-state index contributed by atoms with van der Waals surface area (Å²) in [5, 5.41) is 3.03. The predicted octanol–water partition coefficient (Wildman–Crippen LogP) is 3.83. The zero-order valence-electron chi connectivity index (χ0n) is 16.4. The number of nitrogens with zero attached hydrogens (tertiary/aromatic N) is 1. The molecule has 6 nitrogen and oxygen atoms in total. The molecule has 0 unspecified atom stereocenters. The Morgan fingerprint density at radius 1 is 1.21 bits per heavy atom. The van der Waals surface area contributed by atoms with Crippen LogP contribution in [0, 0.1) is 5.92 Å². The van der Waals surface area contributed by atoms with Crippen molar-refractivity contribution >= 4 is 40.8 Å². The van der Waals surface area contributed by atoms with Gasteiger partial charge in [0.05, 0.1) is 16.6 Å². The molecule has 29 heavy (non-hydrogen) atoms. The topological polar surface area (TPSA) is 75.7 Å². The summed E-state index contributed by atoms with van der Waals surface area (Å²) in [6.07, 6.45) is -0.157. The van der Waals surface area contributed by atoms with E-state index in [-0.39, 0.29) is 18.9 Å². The highest BCUT2D eigenvalue weighted by atomic mass is 35.5. The van der Waals surface area contributed by atoms with Crippen molar-refractivity contribution in [3.8, 4) is 0 Å². The molecule has 1 heterocycles. The fraction of sp³-hybridized carbons (Fsp3) is 0.318. The Hall–Kier alpha value is -2.86. The second-order valence-electron chi connectivity index (χ2n) is 6.94. The number of carbonyl (C=O) groups excluding carboxylic acids is 3. The Bertz CT molecular complexity index is 931. The van der Waals surface area contributed by atoms with Gasteiger partial charge in [-0.05, 0) is 37.1 Å². The van der Waals surface area contributed by atoms with Crippen molar-refractivity contribution in [2.75, 3.05) is 16.8 Å². The third-order valence-corrected chi connectivity index (χ3v) is 5.25. The monoisotopic (exact) mass is 414 g/mol. The standard InChI is InChI=1S/C22H23ClN2O4/c1-3-15-8-4-7-11-19(15)25-13-16(12-20(25)26)22(28)29-14(2)21(27)24-18-10-6-5-9-17(18)23/h4-11,14,16H,3,12-13H2,1-2H3,(H,24,27)/t14-,16-/m1/s1. The fourth-order valence-corrected chi connectivity index (χ4v) is 3.48. The molecule has 0 bridgehead atoms. The number of halogens is 1. The van der Waals surface area contributed by atoms with Crippen LogP contribution < -0.4 is 10.2 Å². The summed E-state index contributed by atoms with van der Waals surface area (Å²) in [6, 6.07) is 14.4. The molecule has 1 fully saturated rings. The van der Waals surface area contributed by atoms with Gasteiger partial charge < -0.3 is 15.0 Å². The van der Waals surface area contributed by atoms with Gasteiger partial charge in [0.25, 0.3) is 5.91 Å². The van der Waals surface area contributed by atoms with E-state index in [1.165, 1.54) is 6.92 Å². The van der Waals surface area contributed by atoms with E-state index < -0.39 is 23.9 Å². The molecule has 0 radical (unpaired) electrons. The van der Waals surface area contributed by atoms with Crippen LogP contribution >= 0.6 is 11.6 Å². The van der Waals surface area contributed by atoms with Crippen LogP contribution in [-0.2, 0) is 25.5 Å². The van der Waals surface area contributed by atoms with Crippen LogP contribution in [0.5, 0.6) is 0 Å². The van der Waals surface area contributed by atoms with Gasteiger partial charge in [-0.3, -0.25) is 14.4 Å². The van der Waals surface area contributed by atoms with Crippen molar-refractivity contribution in [2.24, 2.45) is 5.92 Å². The maximum absolute atomic E-state index is 12.5. The molecule has 0 spiro atoms. The van der Waals surface area contributed by atoms with Crippen LogP contribution in [0.2, 0.25) is 5.02 Å². The molecule has 2 aromatic carbocycles. The highest BCUT2D eigenvalue weighted by Crippen LogP contribution is 2.29. The molecule has 7 heteroatoms. The summed E-state index contributed by atoms with van der Waals surface area (Å²) in [5.74, 6) is -1.77. The minimum Gasteiger partial charge on any atom is -0.452 e. The van der Waals surface area contributed by atoms with E-state index in [9.17, 15) is 14.4 Å². The third kappa shape index (κ3) is 4.77. The lowest BCUT2D eigenvalue weighted by molar-refractivity contribution is -0.157. The Kier molecular flexibility index (Phi) is 6.54. The summed E-state index contributed by atoms with van der Waals surface area (Å²) in [5.41, 5.74) is 2.31. The number of aryl methyl sites for hydroxylation is 1. The Morgan fingerprint density at radius 3 is 2.62 bits per heavy atom. The normalized spacial score (nSPS) is 17.1. The molecule has 3 rings (SSSR count). The Morgan fingerprint density at radius 2 is 1.90 bits per heavy atom. The third-order valence-electron chi connectivity index (χ3n) is 4.92. The second-order valence-corrected chi connectivity index (χ2v) is 7.34. The molecule has 2 amide bonds. The maximum atomic E-state index is 12.5. The lowest BCUT2D eigenvalue weighted by atomic mass is 10.1. The maximum Gasteiger partial charge on any atom is 0.312 e. The van der Waals surface area contributed by atoms with Gasteiger partial charge in [-0.15, -0.1) is 0 Å². The lowest BCUT2D eigenvalue weighted by Gasteiger charge is -2.20. The van der Waals surface area contributed by atoms with Crippen molar-refractivity contribution < 1.29 is 19.1 Å². The van der Waals surface area contributed by atoms with Gasteiger partial charge in [0.15, 0.2) is 6.10 Å². The first-order valence-corrected chi connectivity index (χ1v) is 9.92. The van der Waals surface area contributed by atoms with Crippen LogP contribution in [0.25, 0.3) is 0 Å². The van der Waals surface area contributed by atoms with Gasteiger partial charge in [0, 0.05) is 18.7 Å². The van der Waals surface area contributed by atoms with E-state index in [0.29, 0.717) is 10.7 Å². The largest absolute Gasteiger partial charge is 0.452 e. The first-order valence-electron chi connectivity index (χ1n) is 9.54. The number of para-hydroxylation sites is 2. The number of hydrogen-bond donors (Lipinski definition) is 1. The van der Waals surface area contributed by atoms with Crippen molar-refractivity contribution in [1.29, 1.82) is 0 Å². The average Bonchev–Trinajstić information content (AvgIpc) is 3.11. The number of esters is 1. The first-order chi connectivity index (χ1) is 13.9. The van der Waals surface area contributed by atoms with Crippen molar-refractivity contribution in [2.45, 2.75) is 32.8 Å². The van der Waals surface area contributed by atoms with Crippen LogP contribution in [0.15, 0.2) is 48.5 Å². The van der Waals surface area contributed by atoms with E-state index in [1.807, 2.05) is 31.2 Å². The molecular weight excluding hydrogens is 392 g/mol. The Balaban J connectivity index is 1.61. The number of anilines is 2. The van der Waals surface area contributed by atoms with E-state index in [2.05, 4.69) is 5.32 Å². The molecule has 1 aliphatic rings. The van der Waals surface area contributed by atoms with Crippen molar-refractivity contribution in [1.82, 2.24) is 0 Å². The van der Waals surface area contributed by atoms with Crippen LogP contribution in [0.1, 0.15) is 25.8 Å². The van der Waals surface area contributed by atoms with E-state index in [0.717, 1.165) is 17.7 Å². The lowest BCUT2D eigenvalue weighted by Crippen LogP contribution is -2.33. The summed E-state index contributed by atoms with van der Waals surface area (Å²) < 4.78 is 5.32. The molecule has 0 saturated carbocycles. The van der Waals surface area contributed by atoms with Gasteiger partial charge in [-0.2, -0.15) is 0 Å². The fourth-order valence-electron chi connectivity index (χ4n) is 3.29. The average molecular weight is 415 g/mol. The molecule has 2 aromatic rings. The summed E-state index contributed by atoms with van der Waals surface area (Å²) in [6.45, 7) is 3.75. The highest BCUT2D eigenvalue weighted by Gasteiger charge is 2.37. The predicted molar refractivity (Wildman–Crippen MR) is 112 cm³/mol. The summed E-state index contributed by atoms with van der Waals surface area (Å²) in [4.78, 5) is 39.0. The molecular formula is C22H23ClN2O4. The number of carbonyl (C=O) groups is 3. The van der Waals surface area contributed by atoms with E-state index in [4.69, 9.17) is 16.3 Å². The first kappa shape index (κ1) is 20.9. The molecule has 0 aliphatic carbocycles. The van der Waals surface area contributed by atoms with Crippen LogP contribution in [0.3, 0.4) is 0 Å². The number of amides is 2. The SMILES string of the molecule is CCc1ccccc1N1C[C@H](C(=O)O[C@H](C)C(=O)Nc2ccccc2Cl)CC1=O. The minimum atomic E-state index is -1.01. The van der Waals surface area contributed by atoms with Gasteiger partial charge >= 0.3 is 5.97 Å². The van der Waals surface area contributed by atoms with Crippen LogP contribution in [0.4, 0.5) is 11.4 Å². The second kappa shape index (κ2) is 9.09. The molecule has 1 saturated heterocycles. The molecule has 1 aliphatic heterocycles. The van der Waals surface area contributed by atoms with E-state index >= 15 is 0 Å². The quantitative estimate of drug-likeness (QED) is 0.729. The zero-order valence-corrected chi connectivity index (χ0v) is 17.1. The van der Waals surface area contributed by atoms with Gasteiger partial charge in [-0.1, -0.05) is 48.9 Å².